The van der Waals surface area contributed by atoms with Crippen molar-refractivity contribution in [3.05, 3.63) is 107 Å². The van der Waals surface area contributed by atoms with Crippen LogP contribution in [0, 0.1) is 5.82 Å². The van der Waals surface area contributed by atoms with E-state index >= 15 is 0 Å². The Morgan fingerprint density at radius 1 is 1.06 bits per heavy atom. The molecule has 2 N–H and O–H groups in total. The van der Waals surface area contributed by atoms with Gasteiger partial charge in [-0.15, -0.1) is 0 Å². The quantitative estimate of drug-likeness (QED) is 0.187. The van der Waals surface area contributed by atoms with Gasteiger partial charge >= 0.3 is 0 Å². The first-order chi connectivity index (χ1) is 17.1. The van der Waals surface area contributed by atoms with Crippen LogP contribution >= 0.6 is 28.1 Å². The molecular weight excluding hydrogens is 527 g/mol. The van der Waals surface area contributed by atoms with Gasteiger partial charge in [0.1, 0.15) is 23.4 Å². The van der Waals surface area contributed by atoms with Gasteiger partial charge in [0.2, 0.25) is 0 Å². The zero-order chi connectivity index (χ0) is 24.2. The molecule has 2 unspecified atom stereocenters. The van der Waals surface area contributed by atoms with E-state index in [9.17, 15) is 4.39 Å². The van der Waals surface area contributed by atoms with Crippen LogP contribution < -0.4 is 10.6 Å². The van der Waals surface area contributed by atoms with Gasteiger partial charge < -0.3 is 20.0 Å². The summed E-state index contributed by atoms with van der Waals surface area (Å²) in [5.41, 5.74) is 2.78. The smallest absolute Gasteiger partial charge is 0.170 e. The highest BCUT2D eigenvalue weighted by molar-refractivity contribution is 9.10. The summed E-state index contributed by atoms with van der Waals surface area (Å²) in [4.78, 5) is 6.75. The van der Waals surface area contributed by atoms with Gasteiger partial charge in [0.25, 0.3) is 0 Å². The fourth-order valence-corrected chi connectivity index (χ4v) is 5.22. The van der Waals surface area contributed by atoms with Crippen molar-refractivity contribution in [2.75, 3.05) is 18.4 Å². The van der Waals surface area contributed by atoms with Gasteiger partial charge in [0.05, 0.1) is 11.7 Å². The van der Waals surface area contributed by atoms with Crippen LogP contribution in [0.1, 0.15) is 30.0 Å². The second kappa shape index (κ2) is 10.6. The Balaban J connectivity index is 1.39. The molecule has 0 radical (unpaired) electrons. The molecule has 2 aromatic carbocycles. The Morgan fingerprint density at radius 3 is 2.66 bits per heavy atom. The number of benzene rings is 2. The lowest BCUT2D eigenvalue weighted by atomic mass is 10.0. The molecule has 1 aliphatic heterocycles. The van der Waals surface area contributed by atoms with Gasteiger partial charge in [-0.1, -0.05) is 24.3 Å². The summed E-state index contributed by atoms with van der Waals surface area (Å²) in [5, 5.41) is 7.58. The number of thiocarbonyl (C=S) groups is 1. The maximum absolute atomic E-state index is 13.6. The third-order valence-electron chi connectivity index (χ3n) is 5.99. The van der Waals surface area contributed by atoms with Crippen molar-refractivity contribution in [3.63, 3.8) is 0 Å². The van der Waals surface area contributed by atoms with Crippen molar-refractivity contribution in [1.82, 2.24) is 15.2 Å². The standard InChI is InChI=1S/C27H24BrFN4OS/c28-21-17-18(29)10-11-20(21)23-12-13-24(34-23)26-25(22-9-4-5-14-31-22)32-27(35)33(26)16-6-15-30-19-7-2-1-3-8-19/h1-5,7-14,17,25-26,30H,6,15-16H2,(H,32,35). The van der Waals surface area contributed by atoms with Crippen molar-refractivity contribution in [1.29, 1.82) is 0 Å². The highest BCUT2D eigenvalue weighted by Crippen LogP contribution is 2.41. The summed E-state index contributed by atoms with van der Waals surface area (Å²) in [5.74, 6) is 1.13. The lowest BCUT2D eigenvalue weighted by molar-refractivity contribution is 0.274. The molecule has 0 bridgehead atoms. The van der Waals surface area contributed by atoms with E-state index in [1.54, 1.807) is 12.3 Å². The van der Waals surface area contributed by atoms with E-state index in [2.05, 4.69) is 48.6 Å². The second-order valence-corrected chi connectivity index (χ2v) is 9.53. The van der Waals surface area contributed by atoms with E-state index in [1.807, 2.05) is 48.5 Å². The van der Waals surface area contributed by atoms with E-state index < -0.39 is 0 Å². The van der Waals surface area contributed by atoms with Gasteiger partial charge in [0.15, 0.2) is 5.11 Å². The number of rotatable bonds is 8. The molecule has 8 heteroatoms. The van der Waals surface area contributed by atoms with E-state index in [0.29, 0.717) is 15.3 Å². The molecule has 2 atom stereocenters. The van der Waals surface area contributed by atoms with Gasteiger partial charge in [-0.25, -0.2) is 4.39 Å². The molecule has 1 saturated heterocycles. The minimum atomic E-state index is -0.303. The minimum absolute atomic E-state index is 0.151. The van der Waals surface area contributed by atoms with Gasteiger partial charge in [-0.2, -0.15) is 0 Å². The van der Waals surface area contributed by atoms with Crippen molar-refractivity contribution < 1.29 is 8.81 Å². The number of halogens is 2. The Hall–Kier alpha value is -3.23. The van der Waals surface area contributed by atoms with Gasteiger partial charge in [-0.3, -0.25) is 4.98 Å². The van der Waals surface area contributed by atoms with Crippen LogP contribution in [0.25, 0.3) is 11.3 Å². The topological polar surface area (TPSA) is 53.3 Å². The lowest BCUT2D eigenvalue weighted by Crippen LogP contribution is -2.31. The molecule has 0 aliphatic carbocycles. The number of anilines is 1. The number of nitrogens with one attached hydrogen (secondary N) is 2. The van der Waals surface area contributed by atoms with Crippen LogP contribution in [0.3, 0.4) is 0 Å². The Kier molecular flexibility index (Phi) is 7.11. The molecule has 1 fully saturated rings. The molecule has 0 saturated carbocycles. The van der Waals surface area contributed by atoms with Crippen LogP contribution in [-0.2, 0) is 0 Å². The zero-order valence-electron chi connectivity index (χ0n) is 18.8. The largest absolute Gasteiger partial charge is 0.459 e. The predicted octanol–water partition coefficient (Wildman–Crippen LogP) is 6.72. The third kappa shape index (κ3) is 5.23. The molecule has 2 aromatic heterocycles. The van der Waals surface area contributed by atoms with Crippen molar-refractivity contribution in [2.45, 2.75) is 18.5 Å². The summed E-state index contributed by atoms with van der Waals surface area (Å²) >= 11 is 9.20. The second-order valence-electron chi connectivity index (χ2n) is 8.29. The Morgan fingerprint density at radius 2 is 1.89 bits per heavy atom. The van der Waals surface area contributed by atoms with Crippen molar-refractivity contribution in [2.24, 2.45) is 0 Å². The molecule has 178 valence electrons. The van der Waals surface area contributed by atoms with E-state index in [4.69, 9.17) is 16.6 Å². The summed E-state index contributed by atoms with van der Waals surface area (Å²) in [6, 6.07) is 24.2. The monoisotopic (exact) mass is 550 g/mol. The fraction of sp³-hybridized carbons (Fsp3) is 0.185. The molecule has 0 amide bonds. The Labute approximate surface area is 217 Å². The van der Waals surface area contributed by atoms with Crippen LogP contribution in [0.15, 0.2) is 93.9 Å². The van der Waals surface area contributed by atoms with Crippen molar-refractivity contribution >= 4 is 38.9 Å². The maximum Gasteiger partial charge on any atom is 0.170 e. The fourth-order valence-electron chi connectivity index (χ4n) is 4.34. The number of para-hydroxylation sites is 1. The summed E-state index contributed by atoms with van der Waals surface area (Å²) in [6.45, 7) is 1.56. The van der Waals surface area contributed by atoms with Gasteiger partial charge in [0, 0.05) is 35.0 Å². The Bertz CT molecular complexity index is 1300. The van der Waals surface area contributed by atoms with Crippen LogP contribution in [-0.4, -0.2) is 28.1 Å². The first-order valence-electron chi connectivity index (χ1n) is 11.4. The van der Waals surface area contributed by atoms with Crippen molar-refractivity contribution in [3.8, 4) is 11.3 Å². The number of pyridine rings is 1. The number of hydrogen-bond donors (Lipinski definition) is 2. The molecule has 35 heavy (non-hydrogen) atoms. The number of aromatic nitrogens is 1. The average molecular weight is 551 g/mol. The van der Waals surface area contributed by atoms with E-state index in [0.717, 1.165) is 42.2 Å². The van der Waals surface area contributed by atoms with E-state index in [-0.39, 0.29) is 17.9 Å². The minimum Gasteiger partial charge on any atom is -0.459 e. The SMILES string of the molecule is Fc1ccc(-c2ccc(C3C(c4ccccn4)NC(=S)N3CCCNc3ccccc3)o2)c(Br)c1. The number of hydrogen-bond acceptors (Lipinski definition) is 4. The molecule has 5 nitrogen and oxygen atoms in total. The summed E-state index contributed by atoms with van der Waals surface area (Å²) < 4.78 is 20.6. The molecule has 4 aromatic rings. The highest BCUT2D eigenvalue weighted by Gasteiger charge is 2.41. The lowest BCUT2D eigenvalue weighted by Gasteiger charge is -2.26. The number of nitrogens with zero attached hydrogens (tertiary/aromatic N) is 2. The zero-order valence-corrected chi connectivity index (χ0v) is 21.2. The maximum atomic E-state index is 13.6. The molecule has 5 rings (SSSR count). The van der Waals surface area contributed by atoms with Gasteiger partial charge in [-0.05, 0) is 89.2 Å². The first kappa shape index (κ1) is 23.5. The average Bonchev–Trinajstić information content (AvgIpc) is 3.47. The first-order valence-corrected chi connectivity index (χ1v) is 12.6. The molecule has 3 heterocycles. The summed E-state index contributed by atoms with van der Waals surface area (Å²) in [7, 11) is 0. The summed E-state index contributed by atoms with van der Waals surface area (Å²) in [6.07, 6.45) is 2.67. The highest BCUT2D eigenvalue weighted by atomic mass is 79.9. The van der Waals surface area contributed by atoms with Crippen LogP contribution in [0.4, 0.5) is 10.1 Å². The molecular formula is C27H24BrFN4OS. The normalized spacial score (nSPS) is 17.4. The van der Waals surface area contributed by atoms with Crippen LogP contribution in [0.5, 0.6) is 0 Å². The number of furan rings is 1. The van der Waals surface area contributed by atoms with Crippen LogP contribution in [0.2, 0.25) is 0 Å². The molecule has 0 spiro atoms. The molecule has 1 aliphatic rings. The van der Waals surface area contributed by atoms with E-state index in [1.165, 1.54) is 12.1 Å². The predicted molar refractivity (Wildman–Crippen MR) is 144 cm³/mol. The third-order valence-corrected chi connectivity index (χ3v) is 7.00.